The van der Waals surface area contributed by atoms with Crippen molar-refractivity contribution in [2.45, 2.75) is 31.7 Å². The van der Waals surface area contributed by atoms with Crippen molar-refractivity contribution in [2.24, 2.45) is 5.73 Å². The van der Waals surface area contributed by atoms with Gasteiger partial charge in [-0.25, -0.2) is 4.39 Å². The quantitative estimate of drug-likeness (QED) is 0.806. The molecular formula is C12H16FNO2. The van der Waals surface area contributed by atoms with Crippen molar-refractivity contribution in [2.75, 3.05) is 0 Å². The highest BCUT2D eigenvalue weighted by atomic mass is 19.1. The van der Waals surface area contributed by atoms with Gasteiger partial charge in [0.25, 0.3) is 0 Å². The molecule has 2 atom stereocenters. The van der Waals surface area contributed by atoms with Crippen molar-refractivity contribution in [3.63, 3.8) is 0 Å². The summed E-state index contributed by atoms with van der Waals surface area (Å²) in [5, 5.41) is 8.81. The van der Waals surface area contributed by atoms with E-state index in [2.05, 4.69) is 0 Å². The van der Waals surface area contributed by atoms with Gasteiger partial charge in [-0.1, -0.05) is 19.1 Å². The zero-order valence-electron chi connectivity index (χ0n) is 9.19. The predicted molar refractivity (Wildman–Crippen MR) is 59.7 cm³/mol. The van der Waals surface area contributed by atoms with Crippen LogP contribution >= 0.6 is 0 Å². The molecule has 0 bridgehead atoms. The molecule has 0 aromatic heterocycles. The molecule has 0 spiro atoms. The number of nitrogens with two attached hydrogens (primary N) is 1. The van der Waals surface area contributed by atoms with E-state index < -0.39 is 5.97 Å². The van der Waals surface area contributed by atoms with E-state index in [4.69, 9.17) is 10.8 Å². The predicted octanol–water partition coefficient (Wildman–Crippen LogP) is 2.12. The van der Waals surface area contributed by atoms with Crippen LogP contribution in [0.4, 0.5) is 4.39 Å². The second-order valence-electron chi connectivity index (χ2n) is 3.83. The van der Waals surface area contributed by atoms with Crippen LogP contribution in [0.25, 0.3) is 0 Å². The van der Waals surface area contributed by atoms with Gasteiger partial charge in [0.2, 0.25) is 0 Å². The lowest BCUT2D eigenvalue weighted by Gasteiger charge is -2.21. The van der Waals surface area contributed by atoms with Crippen LogP contribution < -0.4 is 5.73 Å². The van der Waals surface area contributed by atoms with Crippen LogP contribution in [0.15, 0.2) is 24.3 Å². The number of hydrogen-bond donors (Lipinski definition) is 2. The summed E-state index contributed by atoms with van der Waals surface area (Å²) in [4.78, 5) is 10.7. The Kier molecular flexibility index (Phi) is 4.43. The Balaban J connectivity index is 2.91. The Bertz CT molecular complexity index is 351. The number of carboxylic acids is 1. The van der Waals surface area contributed by atoms with E-state index >= 15 is 0 Å². The third-order valence-electron chi connectivity index (χ3n) is 2.68. The number of carboxylic acid groups (broad SMARTS) is 1. The van der Waals surface area contributed by atoms with Gasteiger partial charge >= 0.3 is 5.97 Å². The average Bonchev–Trinajstić information content (AvgIpc) is 2.26. The molecular weight excluding hydrogens is 209 g/mol. The van der Waals surface area contributed by atoms with E-state index in [1.807, 2.05) is 6.92 Å². The average molecular weight is 225 g/mol. The molecule has 0 aliphatic carbocycles. The second kappa shape index (κ2) is 5.61. The molecule has 1 aromatic rings. The van der Waals surface area contributed by atoms with E-state index in [0.717, 1.165) is 5.56 Å². The zero-order chi connectivity index (χ0) is 12.1. The zero-order valence-corrected chi connectivity index (χ0v) is 9.19. The molecule has 1 rings (SSSR count). The molecule has 3 N–H and O–H groups in total. The fourth-order valence-corrected chi connectivity index (χ4v) is 1.70. The van der Waals surface area contributed by atoms with Crippen LogP contribution in [-0.2, 0) is 4.79 Å². The van der Waals surface area contributed by atoms with E-state index in [1.54, 1.807) is 12.1 Å². The van der Waals surface area contributed by atoms with Gasteiger partial charge in [-0.3, -0.25) is 4.79 Å². The Morgan fingerprint density at radius 1 is 1.44 bits per heavy atom. The smallest absolute Gasteiger partial charge is 0.304 e. The molecule has 3 nitrogen and oxygen atoms in total. The van der Waals surface area contributed by atoms with Gasteiger partial charge in [-0.2, -0.15) is 0 Å². The number of hydrogen-bond acceptors (Lipinski definition) is 2. The highest BCUT2D eigenvalue weighted by molar-refractivity contribution is 5.68. The van der Waals surface area contributed by atoms with Gasteiger partial charge in [0, 0.05) is 12.0 Å². The first-order valence-corrected chi connectivity index (χ1v) is 5.27. The number of halogens is 1. The minimum Gasteiger partial charge on any atom is -0.481 e. The van der Waals surface area contributed by atoms with Crippen LogP contribution in [0.1, 0.15) is 31.2 Å². The lowest BCUT2D eigenvalue weighted by molar-refractivity contribution is -0.137. The van der Waals surface area contributed by atoms with Crippen LogP contribution in [0.5, 0.6) is 0 Å². The number of rotatable bonds is 5. The summed E-state index contributed by atoms with van der Waals surface area (Å²) in [5.41, 5.74) is 6.65. The van der Waals surface area contributed by atoms with Gasteiger partial charge in [0.05, 0.1) is 6.42 Å². The van der Waals surface area contributed by atoms with Crippen LogP contribution in [0.2, 0.25) is 0 Å². The molecule has 0 aliphatic rings. The monoisotopic (exact) mass is 225 g/mol. The van der Waals surface area contributed by atoms with Crippen LogP contribution in [-0.4, -0.2) is 17.1 Å². The maximum Gasteiger partial charge on any atom is 0.304 e. The lowest BCUT2D eigenvalue weighted by Crippen LogP contribution is -2.29. The first kappa shape index (κ1) is 12.6. The molecule has 4 heteroatoms. The Labute approximate surface area is 94.1 Å². The molecule has 16 heavy (non-hydrogen) atoms. The van der Waals surface area contributed by atoms with Crippen molar-refractivity contribution in [1.29, 1.82) is 0 Å². The van der Waals surface area contributed by atoms with Gasteiger partial charge in [-0.05, 0) is 24.1 Å². The molecule has 0 saturated heterocycles. The fraction of sp³-hybridized carbons (Fsp3) is 0.417. The lowest BCUT2D eigenvalue weighted by atomic mass is 9.88. The van der Waals surface area contributed by atoms with Gasteiger partial charge in [0.15, 0.2) is 0 Å². The van der Waals surface area contributed by atoms with Crippen molar-refractivity contribution in [3.8, 4) is 0 Å². The van der Waals surface area contributed by atoms with E-state index in [-0.39, 0.29) is 24.2 Å². The standard InChI is InChI=1S/C12H16FNO2/c1-2-11(14)10(7-12(15)16)8-3-5-9(13)6-4-8/h3-6,10-11H,2,7,14H2,1H3,(H,15,16). The summed E-state index contributed by atoms with van der Waals surface area (Å²) in [5.74, 6) is -1.48. The topological polar surface area (TPSA) is 63.3 Å². The second-order valence-corrected chi connectivity index (χ2v) is 3.83. The van der Waals surface area contributed by atoms with Crippen molar-refractivity contribution in [3.05, 3.63) is 35.6 Å². The molecule has 0 aliphatic heterocycles. The van der Waals surface area contributed by atoms with Gasteiger partial charge < -0.3 is 10.8 Å². The molecule has 0 heterocycles. The minimum absolute atomic E-state index is 0.0271. The Morgan fingerprint density at radius 3 is 2.44 bits per heavy atom. The Hall–Kier alpha value is -1.42. The third-order valence-corrected chi connectivity index (χ3v) is 2.68. The maximum atomic E-state index is 12.7. The minimum atomic E-state index is -0.891. The molecule has 0 saturated carbocycles. The summed E-state index contributed by atoms with van der Waals surface area (Å²) in [6, 6.07) is 5.62. The fourth-order valence-electron chi connectivity index (χ4n) is 1.70. The summed E-state index contributed by atoms with van der Waals surface area (Å²) in [6.07, 6.45) is 0.663. The molecule has 0 radical (unpaired) electrons. The first-order chi connectivity index (χ1) is 7.54. The van der Waals surface area contributed by atoms with Crippen molar-refractivity contribution in [1.82, 2.24) is 0 Å². The molecule has 0 amide bonds. The van der Waals surface area contributed by atoms with Crippen LogP contribution in [0, 0.1) is 5.82 Å². The van der Waals surface area contributed by atoms with E-state index in [1.165, 1.54) is 12.1 Å². The molecule has 88 valence electrons. The summed E-state index contributed by atoms with van der Waals surface area (Å²) in [7, 11) is 0. The molecule has 0 fully saturated rings. The number of carbonyl (C=O) groups is 1. The van der Waals surface area contributed by atoms with Gasteiger partial charge in [-0.15, -0.1) is 0 Å². The third kappa shape index (κ3) is 3.31. The number of benzene rings is 1. The van der Waals surface area contributed by atoms with Gasteiger partial charge in [0.1, 0.15) is 5.82 Å². The Morgan fingerprint density at radius 2 is 2.00 bits per heavy atom. The number of aliphatic carboxylic acids is 1. The first-order valence-electron chi connectivity index (χ1n) is 5.27. The largest absolute Gasteiger partial charge is 0.481 e. The maximum absolute atomic E-state index is 12.7. The van der Waals surface area contributed by atoms with Crippen molar-refractivity contribution < 1.29 is 14.3 Å². The highest BCUT2D eigenvalue weighted by Crippen LogP contribution is 2.24. The van der Waals surface area contributed by atoms with Crippen LogP contribution in [0.3, 0.4) is 0 Å². The highest BCUT2D eigenvalue weighted by Gasteiger charge is 2.21. The summed E-state index contributed by atoms with van der Waals surface area (Å²) < 4.78 is 12.7. The molecule has 2 unspecified atom stereocenters. The molecule has 1 aromatic carbocycles. The summed E-state index contributed by atoms with van der Waals surface area (Å²) >= 11 is 0. The van der Waals surface area contributed by atoms with Crippen molar-refractivity contribution >= 4 is 5.97 Å². The normalized spacial score (nSPS) is 14.4. The summed E-state index contributed by atoms with van der Waals surface area (Å²) in [6.45, 7) is 1.91. The van der Waals surface area contributed by atoms with E-state index in [0.29, 0.717) is 6.42 Å². The SMILES string of the molecule is CCC(N)C(CC(=O)O)c1ccc(F)cc1. The van der Waals surface area contributed by atoms with E-state index in [9.17, 15) is 9.18 Å².